The van der Waals surface area contributed by atoms with Crippen LogP contribution in [0, 0.1) is 6.92 Å². The van der Waals surface area contributed by atoms with Gasteiger partial charge in [0, 0.05) is 0 Å². The Labute approximate surface area is 66.0 Å². The van der Waals surface area contributed by atoms with E-state index in [9.17, 15) is 4.79 Å². The Morgan fingerprint density at radius 3 is 2.64 bits per heavy atom. The third-order valence-corrected chi connectivity index (χ3v) is 1.61. The van der Waals surface area contributed by atoms with Crippen LogP contribution < -0.4 is 5.73 Å². The predicted molar refractivity (Wildman–Crippen MR) is 43.0 cm³/mol. The van der Waals surface area contributed by atoms with Crippen LogP contribution >= 0.6 is 0 Å². The van der Waals surface area contributed by atoms with Crippen molar-refractivity contribution >= 4 is 5.91 Å². The SMILES string of the molecule is Cc1ccccc1CC([NH])=O. The predicted octanol–water partition coefficient (Wildman–Crippen LogP) is 1.35. The highest BCUT2D eigenvalue weighted by atomic mass is 16.1. The van der Waals surface area contributed by atoms with Crippen molar-refractivity contribution in [3.63, 3.8) is 0 Å². The fraction of sp³-hybridized carbons (Fsp3) is 0.222. The van der Waals surface area contributed by atoms with E-state index in [1.165, 1.54) is 0 Å². The fourth-order valence-corrected chi connectivity index (χ4v) is 0.981. The van der Waals surface area contributed by atoms with Crippen LogP contribution in [-0.2, 0) is 11.2 Å². The minimum atomic E-state index is -0.528. The largest absolute Gasteiger partial charge is 0.273 e. The van der Waals surface area contributed by atoms with Crippen molar-refractivity contribution in [3.8, 4) is 0 Å². The summed E-state index contributed by atoms with van der Waals surface area (Å²) in [6.07, 6.45) is 0.229. The van der Waals surface area contributed by atoms with Gasteiger partial charge in [-0.15, -0.1) is 0 Å². The maximum atomic E-state index is 10.4. The topological polar surface area (TPSA) is 40.9 Å². The molecule has 1 amide bonds. The Hall–Kier alpha value is -1.31. The lowest BCUT2D eigenvalue weighted by Crippen LogP contribution is -2.03. The van der Waals surface area contributed by atoms with E-state index >= 15 is 0 Å². The van der Waals surface area contributed by atoms with E-state index < -0.39 is 5.91 Å². The molecule has 0 atom stereocenters. The van der Waals surface area contributed by atoms with Crippen molar-refractivity contribution in [1.29, 1.82) is 0 Å². The van der Waals surface area contributed by atoms with Crippen LogP contribution in [0.25, 0.3) is 0 Å². The normalized spacial score (nSPS) is 9.55. The highest BCUT2D eigenvalue weighted by Gasteiger charge is 2.00. The van der Waals surface area contributed by atoms with Crippen LogP contribution in [0.3, 0.4) is 0 Å². The Morgan fingerprint density at radius 2 is 2.09 bits per heavy atom. The van der Waals surface area contributed by atoms with E-state index in [1.807, 2.05) is 31.2 Å². The zero-order valence-corrected chi connectivity index (χ0v) is 6.42. The molecule has 1 radical (unpaired) electrons. The highest BCUT2D eigenvalue weighted by molar-refractivity contribution is 5.76. The lowest BCUT2D eigenvalue weighted by Gasteiger charge is -2.00. The van der Waals surface area contributed by atoms with Crippen molar-refractivity contribution in [2.24, 2.45) is 0 Å². The van der Waals surface area contributed by atoms with Crippen LogP contribution in [0.2, 0.25) is 0 Å². The Balaban J connectivity index is 2.86. The summed E-state index contributed by atoms with van der Waals surface area (Å²) in [5, 5.41) is 0. The fourth-order valence-electron chi connectivity index (χ4n) is 0.981. The van der Waals surface area contributed by atoms with E-state index in [0.29, 0.717) is 0 Å². The molecule has 0 aliphatic carbocycles. The number of carbonyl (C=O) groups is 1. The number of amides is 1. The number of aryl methyl sites for hydroxylation is 1. The maximum Gasteiger partial charge on any atom is 0.242 e. The lowest BCUT2D eigenvalue weighted by molar-refractivity contribution is -0.118. The molecule has 2 heteroatoms. The second-order valence-corrected chi connectivity index (χ2v) is 2.53. The molecule has 0 fully saturated rings. The van der Waals surface area contributed by atoms with E-state index in [4.69, 9.17) is 5.73 Å². The molecule has 0 aliphatic heterocycles. The Kier molecular flexibility index (Phi) is 2.26. The first-order valence-electron chi connectivity index (χ1n) is 3.49. The minimum absolute atomic E-state index is 0.229. The summed E-state index contributed by atoms with van der Waals surface area (Å²) in [5.74, 6) is -0.528. The molecule has 0 bridgehead atoms. The summed E-state index contributed by atoms with van der Waals surface area (Å²) >= 11 is 0. The summed E-state index contributed by atoms with van der Waals surface area (Å²) in [7, 11) is 0. The average molecular weight is 148 g/mol. The molecule has 0 saturated heterocycles. The van der Waals surface area contributed by atoms with Crippen molar-refractivity contribution < 1.29 is 4.79 Å². The van der Waals surface area contributed by atoms with Gasteiger partial charge in [-0.05, 0) is 18.1 Å². The molecule has 1 rings (SSSR count). The van der Waals surface area contributed by atoms with E-state index in [0.717, 1.165) is 11.1 Å². The van der Waals surface area contributed by atoms with E-state index in [2.05, 4.69) is 0 Å². The second-order valence-electron chi connectivity index (χ2n) is 2.53. The summed E-state index contributed by atoms with van der Waals surface area (Å²) in [5.41, 5.74) is 8.80. The summed E-state index contributed by atoms with van der Waals surface area (Å²) in [6, 6.07) is 7.62. The van der Waals surface area contributed by atoms with Crippen molar-refractivity contribution in [1.82, 2.24) is 5.73 Å². The molecular formula is C9H10NO. The first-order chi connectivity index (χ1) is 5.20. The monoisotopic (exact) mass is 148 g/mol. The quantitative estimate of drug-likeness (QED) is 0.624. The molecule has 1 aromatic carbocycles. The van der Waals surface area contributed by atoms with Gasteiger partial charge in [0.05, 0.1) is 6.42 Å². The number of nitrogens with one attached hydrogen (secondary N) is 1. The van der Waals surface area contributed by atoms with Gasteiger partial charge in [-0.1, -0.05) is 24.3 Å². The van der Waals surface area contributed by atoms with Crippen LogP contribution in [0.4, 0.5) is 0 Å². The Morgan fingerprint density at radius 1 is 1.45 bits per heavy atom. The molecule has 0 spiro atoms. The molecule has 2 nitrogen and oxygen atoms in total. The lowest BCUT2D eigenvalue weighted by atomic mass is 10.1. The molecule has 0 unspecified atom stereocenters. The van der Waals surface area contributed by atoms with Gasteiger partial charge in [-0.25, -0.2) is 0 Å². The average Bonchev–Trinajstić information content (AvgIpc) is 1.93. The van der Waals surface area contributed by atoms with Crippen molar-refractivity contribution in [2.75, 3.05) is 0 Å². The zero-order valence-electron chi connectivity index (χ0n) is 6.42. The van der Waals surface area contributed by atoms with Crippen molar-refractivity contribution in [3.05, 3.63) is 35.4 Å². The number of carbonyl (C=O) groups excluding carboxylic acids is 1. The maximum absolute atomic E-state index is 10.4. The molecule has 0 saturated carbocycles. The standard InChI is InChI=1S/C9H10NO/c1-7-4-2-3-5-8(7)6-9(10)11/h2-5,10H,6H2,1H3. The van der Waals surface area contributed by atoms with Crippen LogP contribution in [0.5, 0.6) is 0 Å². The smallest absolute Gasteiger partial charge is 0.242 e. The van der Waals surface area contributed by atoms with Crippen LogP contribution in [-0.4, -0.2) is 5.91 Å². The highest BCUT2D eigenvalue weighted by Crippen LogP contribution is 2.06. The van der Waals surface area contributed by atoms with Gasteiger partial charge in [-0.3, -0.25) is 10.5 Å². The summed E-state index contributed by atoms with van der Waals surface area (Å²) < 4.78 is 0. The van der Waals surface area contributed by atoms with Gasteiger partial charge in [0.1, 0.15) is 0 Å². The first kappa shape index (κ1) is 7.79. The number of rotatable bonds is 2. The minimum Gasteiger partial charge on any atom is -0.273 e. The molecular weight excluding hydrogens is 138 g/mol. The Bertz CT molecular complexity index is 268. The molecule has 0 aliphatic rings. The molecule has 0 heterocycles. The van der Waals surface area contributed by atoms with Gasteiger partial charge in [-0.2, -0.15) is 0 Å². The summed E-state index contributed by atoms with van der Waals surface area (Å²) in [6.45, 7) is 1.94. The second kappa shape index (κ2) is 3.19. The molecule has 11 heavy (non-hydrogen) atoms. The zero-order chi connectivity index (χ0) is 8.27. The third-order valence-electron chi connectivity index (χ3n) is 1.61. The van der Waals surface area contributed by atoms with Crippen LogP contribution in [0.15, 0.2) is 24.3 Å². The van der Waals surface area contributed by atoms with Gasteiger partial charge < -0.3 is 0 Å². The molecule has 57 valence electrons. The van der Waals surface area contributed by atoms with E-state index in [-0.39, 0.29) is 6.42 Å². The third kappa shape index (κ3) is 2.08. The van der Waals surface area contributed by atoms with Crippen LogP contribution in [0.1, 0.15) is 11.1 Å². The number of hydrogen-bond donors (Lipinski definition) is 0. The molecule has 0 aromatic heterocycles. The summed E-state index contributed by atoms with van der Waals surface area (Å²) in [4.78, 5) is 10.4. The molecule has 1 aromatic rings. The van der Waals surface area contributed by atoms with Gasteiger partial charge in [0.15, 0.2) is 0 Å². The first-order valence-corrected chi connectivity index (χ1v) is 3.49. The van der Waals surface area contributed by atoms with Crippen molar-refractivity contribution in [2.45, 2.75) is 13.3 Å². The number of benzene rings is 1. The van der Waals surface area contributed by atoms with Gasteiger partial charge >= 0.3 is 0 Å². The number of hydrogen-bond acceptors (Lipinski definition) is 1. The van der Waals surface area contributed by atoms with Gasteiger partial charge in [0.25, 0.3) is 0 Å². The molecule has 1 N–H and O–H groups in total. The van der Waals surface area contributed by atoms with E-state index in [1.54, 1.807) is 0 Å². The van der Waals surface area contributed by atoms with Gasteiger partial charge in [0.2, 0.25) is 5.91 Å².